The Kier molecular flexibility index (Phi) is 8.78. The van der Waals surface area contributed by atoms with Crippen molar-refractivity contribution in [2.45, 2.75) is 84.0 Å². The van der Waals surface area contributed by atoms with Gasteiger partial charge in [-0.2, -0.15) is 0 Å². The lowest BCUT2D eigenvalue weighted by Gasteiger charge is -2.39. The second kappa shape index (κ2) is 10.8. The molecule has 0 aromatic rings. The summed E-state index contributed by atoms with van der Waals surface area (Å²) in [4.78, 5) is 11.5. The van der Waals surface area contributed by atoms with E-state index >= 15 is 0 Å². The number of alkyl halides is 2. The van der Waals surface area contributed by atoms with E-state index in [1.54, 1.807) is 0 Å². The number of halogens is 2. The highest BCUT2D eigenvalue weighted by Gasteiger charge is 2.44. The van der Waals surface area contributed by atoms with Gasteiger partial charge in [0.1, 0.15) is 5.76 Å². The molecule has 0 aliphatic heterocycles. The van der Waals surface area contributed by atoms with E-state index in [9.17, 15) is 18.7 Å². The molecule has 27 heavy (non-hydrogen) atoms. The van der Waals surface area contributed by atoms with Crippen LogP contribution in [0.3, 0.4) is 0 Å². The Morgan fingerprint density at radius 2 is 1.96 bits per heavy atom. The lowest BCUT2D eigenvalue weighted by Crippen LogP contribution is -2.38. The summed E-state index contributed by atoms with van der Waals surface area (Å²) >= 11 is 0. The van der Waals surface area contributed by atoms with Crippen LogP contribution in [0.5, 0.6) is 0 Å². The van der Waals surface area contributed by atoms with Crippen molar-refractivity contribution in [3.05, 3.63) is 24.0 Å². The summed E-state index contributed by atoms with van der Waals surface area (Å²) in [5, 5.41) is 9.45. The van der Waals surface area contributed by atoms with Gasteiger partial charge in [0.25, 0.3) is 0 Å². The molecule has 1 unspecified atom stereocenters. The van der Waals surface area contributed by atoms with E-state index in [0.29, 0.717) is 37.5 Å². The molecular weight excluding hydrogens is 350 g/mol. The lowest BCUT2D eigenvalue weighted by molar-refractivity contribution is -0.155. The number of aliphatic carboxylic acids is 1. The second-order valence-electron chi connectivity index (χ2n) is 8.15. The molecule has 2 aliphatic rings. The van der Waals surface area contributed by atoms with Crippen LogP contribution in [-0.2, 0) is 9.53 Å². The smallest absolute Gasteiger partial charge is 0.309 e. The Hall–Kier alpha value is -1.39. The van der Waals surface area contributed by atoms with Crippen molar-refractivity contribution in [1.82, 2.24) is 0 Å². The van der Waals surface area contributed by atoms with Crippen molar-refractivity contribution < 1.29 is 23.4 Å². The van der Waals surface area contributed by atoms with E-state index in [1.807, 2.05) is 6.08 Å². The Balaban J connectivity index is 1.73. The van der Waals surface area contributed by atoms with Gasteiger partial charge in [-0.1, -0.05) is 38.7 Å². The minimum atomic E-state index is -2.56. The molecule has 0 aromatic carbocycles. The number of hydrogen-bond donors (Lipinski definition) is 1. The summed E-state index contributed by atoms with van der Waals surface area (Å²) in [5.41, 5.74) is -1.23. The van der Waals surface area contributed by atoms with E-state index in [1.165, 1.54) is 25.7 Å². The number of carbonyl (C=O) groups is 1. The topological polar surface area (TPSA) is 46.5 Å². The van der Waals surface area contributed by atoms with Gasteiger partial charge < -0.3 is 9.84 Å². The first-order valence-corrected chi connectivity index (χ1v) is 10.5. The zero-order valence-corrected chi connectivity index (χ0v) is 16.5. The van der Waals surface area contributed by atoms with Crippen molar-refractivity contribution in [2.75, 3.05) is 6.61 Å². The average molecular weight is 385 g/mol. The van der Waals surface area contributed by atoms with Gasteiger partial charge in [0.05, 0.1) is 12.0 Å². The molecule has 0 aromatic heterocycles. The van der Waals surface area contributed by atoms with Gasteiger partial charge in [0, 0.05) is 6.42 Å². The highest BCUT2D eigenvalue weighted by atomic mass is 19.3. The molecular formula is C22H34F2O3. The molecule has 1 N–H and O–H groups in total. The maximum Gasteiger partial charge on any atom is 0.309 e. The Morgan fingerprint density at radius 1 is 1.26 bits per heavy atom. The number of allylic oxidation sites excluding steroid dienone is 3. The van der Waals surface area contributed by atoms with E-state index < -0.39 is 24.2 Å². The van der Waals surface area contributed by atoms with Crippen LogP contribution >= 0.6 is 0 Å². The normalized spacial score (nSPS) is 28.2. The minimum Gasteiger partial charge on any atom is -0.494 e. The quantitative estimate of drug-likeness (QED) is 0.422. The van der Waals surface area contributed by atoms with Crippen LogP contribution in [-0.4, -0.2) is 24.1 Å². The number of unbranched alkanes of at least 4 members (excludes halogenated alkanes) is 4. The molecule has 1 fully saturated rings. The zero-order valence-electron chi connectivity index (χ0n) is 16.5. The van der Waals surface area contributed by atoms with Crippen LogP contribution in [0.25, 0.3) is 0 Å². The third-order valence-corrected chi connectivity index (χ3v) is 6.21. The summed E-state index contributed by atoms with van der Waals surface area (Å²) in [6, 6.07) is 0. The lowest BCUT2D eigenvalue weighted by atomic mass is 9.65. The second-order valence-corrected chi connectivity index (χ2v) is 8.15. The maximum absolute atomic E-state index is 12.8. The third kappa shape index (κ3) is 6.62. The number of carboxylic acid groups (broad SMARTS) is 1. The Labute approximate surface area is 161 Å². The molecule has 0 saturated heterocycles. The van der Waals surface area contributed by atoms with Gasteiger partial charge in [-0.05, 0) is 62.5 Å². The highest BCUT2D eigenvalue weighted by molar-refractivity contribution is 5.74. The summed E-state index contributed by atoms with van der Waals surface area (Å²) in [7, 11) is 0. The summed E-state index contributed by atoms with van der Waals surface area (Å²) in [5.74, 6) is 0.601. The van der Waals surface area contributed by atoms with Crippen molar-refractivity contribution in [3.8, 4) is 0 Å². The zero-order chi connectivity index (χ0) is 19.7. The fraction of sp³-hybridized carbons (Fsp3) is 0.773. The number of ether oxygens (including phenoxy) is 1. The standard InChI is InChI=1S/C22H34F2O3/c1-2-3-4-5-6-15-27-19-9-7-17(8-10-19)18-11-13-22(14-12-18,21(25)26)16-20(23)24/h7,9-10,17-18,20H,2-6,8,11-16H2,1H3,(H,25,26)/t17?,18-,22-. The fourth-order valence-corrected chi connectivity index (χ4v) is 4.39. The maximum atomic E-state index is 12.8. The molecule has 0 heterocycles. The average Bonchev–Trinajstić information content (AvgIpc) is 2.65. The summed E-state index contributed by atoms with van der Waals surface area (Å²) in [6.07, 6.45) is 12.3. The van der Waals surface area contributed by atoms with E-state index in [2.05, 4.69) is 19.1 Å². The SMILES string of the molecule is CCCCCCCOC1=CCC([C@H]2CC[C@](CC(F)F)(C(=O)O)CC2)C=C1. The molecule has 1 atom stereocenters. The van der Waals surface area contributed by atoms with Gasteiger partial charge in [-0.3, -0.25) is 4.79 Å². The van der Waals surface area contributed by atoms with Crippen LogP contribution in [0.4, 0.5) is 8.78 Å². The third-order valence-electron chi connectivity index (χ3n) is 6.21. The molecule has 0 amide bonds. The first kappa shape index (κ1) is 21.9. The molecule has 3 nitrogen and oxygen atoms in total. The predicted molar refractivity (Wildman–Crippen MR) is 103 cm³/mol. The van der Waals surface area contributed by atoms with Crippen LogP contribution in [0.2, 0.25) is 0 Å². The van der Waals surface area contributed by atoms with Crippen molar-refractivity contribution in [2.24, 2.45) is 17.3 Å². The van der Waals surface area contributed by atoms with Gasteiger partial charge in [0.15, 0.2) is 0 Å². The van der Waals surface area contributed by atoms with E-state index in [0.717, 1.165) is 25.2 Å². The number of hydrogen-bond acceptors (Lipinski definition) is 2. The molecule has 2 rings (SSSR count). The highest BCUT2D eigenvalue weighted by Crippen LogP contribution is 2.46. The molecule has 154 valence electrons. The summed E-state index contributed by atoms with van der Waals surface area (Å²) in [6.45, 7) is 2.96. The molecule has 0 bridgehead atoms. The van der Waals surface area contributed by atoms with Crippen molar-refractivity contribution in [1.29, 1.82) is 0 Å². The largest absolute Gasteiger partial charge is 0.494 e. The molecule has 1 saturated carbocycles. The van der Waals surface area contributed by atoms with Crippen molar-refractivity contribution >= 4 is 5.97 Å². The Morgan fingerprint density at radius 3 is 2.52 bits per heavy atom. The number of rotatable bonds is 11. The van der Waals surface area contributed by atoms with Gasteiger partial charge in [-0.25, -0.2) is 8.78 Å². The fourth-order valence-electron chi connectivity index (χ4n) is 4.39. The molecule has 2 aliphatic carbocycles. The first-order chi connectivity index (χ1) is 13.0. The van der Waals surface area contributed by atoms with E-state index in [4.69, 9.17) is 4.74 Å². The van der Waals surface area contributed by atoms with Gasteiger partial charge in [-0.15, -0.1) is 0 Å². The predicted octanol–water partition coefficient (Wildman–Crippen LogP) is 6.35. The number of carboxylic acids is 1. The Bertz CT molecular complexity index is 520. The van der Waals surface area contributed by atoms with Gasteiger partial charge in [0.2, 0.25) is 6.43 Å². The van der Waals surface area contributed by atoms with Crippen LogP contribution in [0.1, 0.15) is 77.6 Å². The van der Waals surface area contributed by atoms with Crippen LogP contribution < -0.4 is 0 Å². The molecule has 0 radical (unpaired) electrons. The van der Waals surface area contributed by atoms with Crippen molar-refractivity contribution in [3.63, 3.8) is 0 Å². The van der Waals surface area contributed by atoms with Crippen LogP contribution in [0.15, 0.2) is 24.0 Å². The summed E-state index contributed by atoms with van der Waals surface area (Å²) < 4.78 is 31.4. The minimum absolute atomic E-state index is 0.354. The van der Waals surface area contributed by atoms with Crippen LogP contribution in [0, 0.1) is 17.3 Å². The van der Waals surface area contributed by atoms with E-state index in [-0.39, 0.29) is 0 Å². The molecule has 5 heteroatoms. The van der Waals surface area contributed by atoms with Gasteiger partial charge >= 0.3 is 5.97 Å². The molecule has 0 spiro atoms. The monoisotopic (exact) mass is 384 g/mol. The first-order valence-electron chi connectivity index (χ1n) is 10.5.